The van der Waals surface area contributed by atoms with Gasteiger partial charge in [0.1, 0.15) is 11.6 Å². The molecule has 1 nitrogen and oxygen atoms in total. The Kier molecular flexibility index (Phi) is 2.27. The van der Waals surface area contributed by atoms with Gasteiger partial charge in [0.2, 0.25) is 0 Å². The summed E-state index contributed by atoms with van der Waals surface area (Å²) in [5, 5.41) is 3.15. The van der Waals surface area contributed by atoms with Gasteiger partial charge in [0, 0.05) is 18.2 Å². The fourth-order valence-corrected chi connectivity index (χ4v) is 1.97. The Balaban J connectivity index is 2.58. The molecule has 3 heteroatoms. The van der Waals surface area contributed by atoms with Gasteiger partial charge in [0.05, 0.1) is 0 Å². The SMILES string of the molecule is CC1NCc2c(F)ccc(F)c2C1C. The molecule has 0 bridgehead atoms. The highest BCUT2D eigenvalue weighted by Gasteiger charge is 2.27. The molecular formula is C11H13F2N. The highest BCUT2D eigenvalue weighted by Crippen LogP contribution is 2.31. The molecule has 1 aromatic rings. The van der Waals surface area contributed by atoms with Crippen molar-refractivity contribution in [3.8, 4) is 0 Å². The Labute approximate surface area is 82.1 Å². The summed E-state index contributed by atoms with van der Waals surface area (Å²) in [4.78, 5) is 0. The van der Waals surface area contributed by atoms with Crippen molar-refractivity contribution >= 4 is 0 Å². The van der Waals surface area contributed by atoms with Gasteiger partial charge in [0.25, 0.3) is 0 Å². The molecular weight excluding hydrogens is 184 g/mol. The van der Waals surface area contributed by atoms with E-state index in [4.69, 9.17) is 0 Å². The first-order valence-electron chi connectivity index (χ1n) is 4.81. The summed E-state index contributed by atoms with van der Waals surface area (Å²) in [6.45, 7) is 4.32. The predicted molar refractivity (Wildman–Crippen MR) is 51.1 cm³/mol. The van der Waals surface area contributed by atoms with Crippen LogP contribution in [0.15, 0.2) is 12.1 Å². The van der Waals surface area contributed by atoms with Gasteiger partial charge >= 0.3 is 0 Å². The van der Waals surface area contributed by atoms with Crippen molar-refractivity contribution in [3.05, 3.63) is 34.9 Å². The highest BCUT2D eigenvalue weighted by atomic mass is 19.1. The maximum absolute atomic E-state index is 13.5. The standard InChI is InChI=1S/C11H13F2N/c1-6-7(2)14-5-8-9(12)3-4-10(13)11(6)8/h3-4,6-7,14H,5H2,1-2H3. The van der Waals surface area contributed by atoms with Crippen LogP contribution in [0.1, 0.15) is 30.9 Å². The van der Waals surface area contributed by atoms with Crippen LogP contribution in [0.5, 0.6) is 0 Å². The first-order chi connectivity index (χ1) is 6.61. The molecule has 0 saturated heterocycles. The minimum atomic E-state index is -0.312. The van der Waals surface area contributed by atoms with E-state index in [1.54, 1.807) is 0 Å². The van der Waals surface area contributed by atoms with E-state index in [0.717, 1.165) is 0 Å². The van der Waals surface area contributed by atoms with Crippen molar-refractivity contribution < 1.29 is 8.78 Å². The van der Waals surface area contributed by atoms with Crippen molar-refractivity contribution in [2.75, 3.05) is 0 Å². The lowest BCUT2D eigenvalue weighted by atomic mass is 9.86. The molecule has 0 aromatic heterocycles. The Morgan fingerprint density at radius 1 is 1.21 bits per heavy atom. The van der Waals surface area contributed by atoms with E-state index < -0.39 is 0 Å². The van der Waals surface area contributed by atoms with Gasteiger partial charge in [-0.05, 0) is 30.5 Å². The van der Waals surface area contributed by atoms with Crippen LogP contribution in [-0.2, 0) is 6.54 Å². The average Bonchev–Trinajstić information content (AvgIpc) is 2.16. The number of benzene rings is 1. The summed E-state index contributed by atoms with van der Waals surface area (Å²) in [6.07, 6.45) is 0. The molecule has 1 aromatic carbocycles. The predicted octanol–water partition coefficient (Wildman–Crippen LogP) is 2.56. The third kappa shape index (κ3) is 1.32. The zero-order chi connectivity index (χ0) is 10.3. The van der Waals surface area contributed by atoms with Gasteiger partial charge in [-0.1, -0.05) is 6.92 Å². The quantitative estimate of drug-likeness (QED) is 0.674. The minimum absolute atomic E-state index is 0.0226. The molecule has 1 aliphatic rings. The number of rotatable bonds is 0. The van der Waals surface area contributed by atoms with Crippen molar-refractivity contribution in [3.63, 3.8) is 0 Å². The molecule has 0 radical (unpaired) electrons. The Morgan fingerprint density at radius 2 is 1.86 bits per heavy atom. The van der Waals surface area contributed by atoms with E-state index in [1.807, 2.05) is 13.8 Å². The van der Waals surface area contributed by atoms with E-state index in [2.05, 4.69) is 5.32 Å². The van der Waals surface area contributed by atoms with Gasteiger partial charge in [-0.2, -0.15) is 0 Å². The smallest absolute Gasteiger partial charge is 0.128 e. The number of hydrogen-bond donors (Lipinski definition) is 1. The van der Waals surface area contributed by atoms with Gasteiger partial charge in [0.15, 0.2) is 0 Å². The van der Waals surface area contributed by atoms with Crippen LogP contribution < -0.4 is 5.32 Å². The molecule has 1 heterocycles. The molecule has 0 fully saturated rings. The lowest BCUT2D eigenvalue weighted by Gasteiger charge is -2.30. The van der Waals surface area contributed by atoms with Crippen LogP contribution in [-0.4, -0.2) is 6.04 Å². The molecule has 0 amide bonds. The summed E-state index contributed by atoms with van der Waals surface area (Å²) in [7, 11) is 0. The van der Waals surface area contributed by atoms with Crippen LogP contribution in [0.25, 0.3) is 0 Å². The lowest BCUT2D eigenvalue weighted by Crippen LogP contribution is -2.37. The average molecular weight is 197 g/mol. The third-order valence-electron chi connectivity index (χ3n) is 3.05. The third-order valence-corrected chi connectivity index (χ3v) is 3.05. The molecule has 0 aliphatic carbocycles. The lowest BCUT2D eigenvalue weighted by molar-refractivity contribution is 0.416. The first kappa shape index (κ1) is 9.59. The summed E-state index contributed by atoms with van der Waals surface area (Å²) in [5.41, 5.74) is 1.02. The molecule has 1 N–H and O–H groups in total. The van der Waals surface area contributed by atoms with Crippen molar-refractivity contribution in [2.45, 2.75) is 32.4 Å². The van der Waals surface area contributed by atoms with Crippen molar-refractivity contribution in [1.29, 1.82) is 0 Å². The first-order valence-corrected chi connectivity index (χ1v) is 4.81. The summed E-state index contributed by atoms with van der Waals surface area (Å²) >= 11 is 0. The van der Waals surface area contributed by atoms with Crippen LogP contribution in [0, 0.1) is 11.6 Å². The molecule has 2 rings (SSSR count). The number of nitrogens with one attached hydrogen (secondary N) is 1. The van der Waals surface area contributed by atoms with Gasteiger partial charge in [-0.3, -0.25) is 0 Å². The van der Waals surface area contributed by atoms with Gasteiger partial charge in [-0.15, -0.1) is 0 Å². The zero-order valence-corrected chi connectivity index (χ0v) is 8.27. The van der Waals surface area contributed by atoms with E-state index in [-0.39, 0.29) is 23.6 Å². The second kappa shape index (κ2) is 3.31. The van der Waals surface area contributed by atoms with Gasteiger partial charge in [-0.25, -0.2) is 8.78 Å². The fraction of sp³-hybridized carbons (Fsp3) is 0.455. The largest absolute Gasteiger partial charge is 0.309 e. The Morgan fingerprint density at radius 3 is 2.57 bits per heavy atom. The Bertz CT molecular complexity index is 363. The second-order valence-electron chi connectivity index (χ2n) is 3.88. The summed E-state index contributed by atoms with van der Waals surface area (Å²) < 4.78 is 26.8. The summed E-state index contributed by atoms with van der Waals surface area (Å²) in [6, 6.07) is 2.60. The Hall–Kier alpha value is -0.960. The molecule has 14 heavy (non-hydrogen) atoms. The van der Waals surface area contributed by atoms with E-state index in [9.17, 15) is 8.78 Å². The van der Waals surface area contributed by atoms with E-state index in [1.165, 1.54) is 12.1 Å². The van der Waals surface area contributed by atoms with Crippen LogP contribution in [0.3, 0.4) is 0 Å². The van der Waals surface area contributed by atoms with Crippen molar-refractivity contribution in [2.24, 2.45) is 0 Å². The van der Waals surface area contributed by atoms with Crippen LogP contribution in [0.4, 0.5) is 8.78 Å². The minimum Gasteiger partial charge on any atom is -0.309 e. The summed E-state index contributed by atoms with van der Waals surface area (Å²) in [5.74, 6) is -0.579. The number of hydrogen-bond acceptors (Lipinski definition) is 1. The second-order valence-corrected chi connectivity index (χ2v) is 3.88. The van der Waals surface area contributed by atoms with Gasteiger partial charge < -0.3 is 5.32 Å². The molecule has 2 unspecified atom stereocenters. The molecule has 2 atom stereocenters. The monoisotopic (exact) mass is 197 g/mol. The zero-order valence-electron chi connectivity index (χ0n) is 8.27. The highest BCUT2D eigenvalue weighted by molar-refractivity contribution is 5.35. The van der Waals surface area contributed by atoms with E-state index in [0.29, 0.717) is 17.7 Å². The fourth-order valence-electron chi connectivity index (χ4n) is 1.97. The maximum Gasteiger partial charge on any atom is 0.128 e. The topological polar surface area (TPSA) is 12.0 Å². The number of fused-ring (bicyclic) bond motifs is 1. The van der Waals surface area contributed by atoms with Crippen LogP contribution in [0.2, 0.25) is 0 Å². The number of halogens is 2. The molecule has 76 valence electrons. The molecule has 0 saturated carbocycles. The molecule has 1 aliphatic heterocycles. The normalized spacial score (nSPS) is 26.0. The van der Waals surface area contributed by atoms with Crippen molar-refractivity contribution in [1.82, 2.24) is 5.32 Å². The van der Waals surface area contributed by atoms with E-state index >= 15 is 0 Å². The van der Waals surface area contributed by atoms with Crippen LogP contribution >= 0.6 is 0 Å². The molecule has 0 spiro atoms. The maximum atomic E-state index is 13.5.